The normalized spacial score (nSPS) is 10.9. The van der Waals surface area contributed by atoms with Gasteiger partial charge in [-0.25, -0.2) is 8.42 Å². The van der Waals surface area contributed by atoms with Gasteiger partial charge < -0.3 is 19.5 Å². The molecule has 174 valence electrons. The van der Waals surface area contributed by atoms with Crippen LogP contribution in [0.4, 0.5) is 11.4 Å². The monoisotopic (exact) mass is 470 g/mol. The van der Waals surface area contributed by atoms with Crippen molar-refractivity contribution in [3.63, 3.8) is 0 Å². The molecule has 0 saturated heterocycles. The summed E-state index contributed by atoms with van der Waals surface area (Å²) in [4.78, 5) is 13.1. The molecule has 8 nitrogen and oxygen atoms in total. The summed E-state index contributed by atoms with van der Waals surface area (Å²) in [7, 11) is 0.417. The van der Waals surface area contributed by atoms with Crippen molar-refractivity contribution >= 4 is 27.3 Å². The van der Waals surface area contributed by atoms with E-state index in [9.17, 15) is 13.2 Å². The van der Waals surface area contributed by atoms with Gasteiger partial charge in [0.15, 0.2) is 11.5 Å². The molecule has 3 aromatic rings. The van der Waals surface area contributed by atoms with Crippen LogP contribution in [0.25, 0.3) is 0 Å². The number of hydrogen-bond donors (Lipinski definition) is 1. The lowest BCUT2D eigenvalue weighted by Crippen LogP contribution is -2.38. The number of nitrogens with one attached hydrogen (secondary N) is 1. The van der Waals surface area contributed by atoms with Crippen molar-refractivity contribution in [2.75, 3.05) is 37.5 Å². The molecular formula is C24H26N2O6S. The molecule has 0 spiro atoms. The first kappa shape index (κ1) is 23.9. The Kier molecular flexibility index (Phi) is 7.44. The zero-order valence-electron chi connectivity index (χ0n) is 18.9. The van der Waals surface area contributed by atoms with Crippen molar-refractivity contribution in [3.05, 3.63) is 72.3 Å². The maximum Gasteiger partial charge on any atom is 0.264 e. The van der Waals surface area contributed by atoms with Gasteiger partial charge in [0.1, 0.15) is 6.54 Å². The maximum atomic E-state index is 13.4. The van der Waals surface area contributed by atoms with E-state index in [1.165, 1.54) is 33.5 Å². The van der Waals surface area contributed by atoms with E-state index in [0.717, 1.165) is 9.87 Å². The number of hydrogen-bond acceptors (Lipinski definition) is 6. The summed E-state index contributed by atoms with van der Waals surface area (Å²) < 4.78 is 43.9. The van der Waals surface area contributed by atoms with E-state index in [2.05, 4.69) is 5.32 Å². The second-order valence-electron chi connectivity index (χ2n) is 7.07. The standard InChI is InChI=1S/C24H26N2O6S/c1-17-10-8-9-13-20(17)26(33(28,29)19-11-6-5-7-12-19)16-23(27)25-18-14-21(30-2)24(32-4)22(15-18)31-3/h5-15H,16H2,1-4H3,(H,25,27). The van der Waals surface area contributed by atoms with Crippen molar-refractivity contribution in [1.29, 1.82) is 0 Å². The highest BCUT2D eigenvalue weighted by Crippen LogP contribution is 2.40. The Bertz CT molecular complexity index is 1200. The molecule has 1 N–H and O–H groups in total. The highest BCUT2D eigenvalue weighted by molar-refractivity contribution is 7.92. The van der Waals surface area contributed by atoms with Gasteiger partial charge in [0.25, 0.3) is 10.0 Å². The minimum atomic E-state index is -4.00. The van der Waals surface area contributed by atoms with Crippen LogP contribution in [0.15, 0.2) is 71.6 Å². The smallest absolute Gasteiger partial charge is 0.264 e. The molecule has 0 aliphatic heterocycles. The minimum Gasteiger partial charge on any atom is -0.493 e. The van der Waals surface area contributed by atoms with Crippen molar-refractivity contribution in [2.45, 2.75) is 11.8 Å². The number of rotatable bonds is 9. The first-order valence-corrected chi connectivity index (χ1v) is 11.5. The molecule has 0 radical (unpaired) electrons. The van der Waals surface area contributed by atoms with Gasteiger partial charge >= 0.3 is 0 Å². The fourth-order valence-electron chi connectivity index (χ4n) is 3.35. The third-order valence-corrected chi connectivity index (χ3v) is 6.73. The summed E-state index contributed by atoms with van der Waals surface area (Å²) in [5.41, 5.74) is 1.51. The molecule has 0 aromatic heterocycles. The minimum absolute atomic E-state index is 0.0915. The molecule has 1 amide bonds. The summed E-state index contributed by atoms with van der Waals surface area (Å²) in [5.74, 6) is 0.567. The number of carbonyl (C=O) groups is 1. The average molecular weight is 471 g/mol. The van der Waals surface area contributed by atoms with E-state index in [1.807, 2.05) is 6.07 Å². The van der Waals surface area contributed by atoms with Crippen LogP contribution < -0.4 is 23.8 Å². The summed E-state index contributed by atoms with van der Waals surface area (Å²) in [6.45, 7) is 1.36. The maximum absolute atomic E-state index is 13.4. The predicted molar refractivity (Wildman–Crippen MR) is 127 cm³/mol. The van der Waals surface area contributed by atoms with Crippen LogP contribution >= 0.6 is 0 Å². The number of sulfonamides is 1. The molecule has 9 heteroatoms. The SMILES string of the molecule is COc1cc(NC(=O)CN(c2ccccc2C)S(=O)(=O)c2ccccc2)cc(OC)c1OC. The third kappa shape index (κ3) is 5.20. The Morgan fingerprint density at radius 3 is 2.00 bits per heavy atom. The number of ether oxygens (including phenoxy) is 3. The molecule has 0 atom stereocenters. The number of amides is 1. The molecular weight excluding hydrogens is 444 g/mol. The van der Waals surface area contributed by atoms with Gasteiger partial charge in [0.05, 0.1) is 31.9 Å². The van der Waals surface area contributed by atoms with Gasteiger partial charge in [-0.1, -0.05) is 36.4 Å². The number of nitrogens with zero attached hydrogens (tertiary/aromatic N) is 1. The topological polar surface area (TPSA) is 94.2 Å². The number of methoxy groups -OCH3 is 3. The summed E-state index contributed by atoms with van der Waals surface area (Å²) >= 11 is 0. The van der Waals surface area contributed by atoms with Gasteiger partial charge in [-0.15, -0.1) is 0 Å². The second kappa shape index (κ2) is 10.3. The average Bonchev–Trinajstić information content (AvgIpc) is 2.82. The molecule has 0 unspecified atom stereocenters. The van der Waals surface area contributed by atoms with Crippen LogP contribution in [0.1, 0.15) is 5.56 Å². The second-order valence-corrected chi connectivity index (χ2v) is 8.94. The Hall–Kier alpha value is -3.72. The van der Waals surface area contributed by atoms with Crippen LogP contribution in [0.2, 0.25) is 0 Å². The Morgan fingerprint density at radius 2 is 1.45 bits per heavy atom. The highest BCUT2D eigenvalue weighted by atomic mass is 32.2. The fraction of sp³-hybridized carbons (Fsp3) is 0.208. The molecule has 0 aliphatic rings. The van der Waals surface area contributed by atoms with E-state index in [1.54, 1.807) is 55.5 Å². The quantitative estimate of drug-likeness (QED) is 0.511. The van der Waals surface area contributed by atoms with E-state index < -0.39 is 22.5 Å². The van der Waals surface area contributed by atoms with E-state index in [0.29, 0.717) is 28.6 Å². The van der Waals surface area contributed by atoms with Gasteiger partial charge in [-0.2, -0.15) is 0 Å². The zero-order chi connectivity index (χ0) is 24.0. The van der Waals surface area contributed by atoms with Crippen molar-refractivity contribution < 1.29 is 27.4 Å². The van der Waals surface area contributed by atoms with Crippen LogP contribution in [-0.4, -0.2) is 42.2 Å². The van der Waals surface area contributed by atoms with E-state index in [4.69, 9.17) is 14.2 Å². The molecule has 0 heterocycles. The first-order valence-electron chi connectivity index (χ1n) is 10.0. The predicted octanol–water partition coefficient (Wildman–Crippen LogP) is 3.85. The van der Waals surface area contributed by atoms with Gasteiger partial charge in [0, 0.05) is 17.8 Å². The van der Waals surface area contributed by atoms with Crippen LogP contribution in [0.3, 0.4) is 0 Å². The van der Waals surface area contributed by atoms with Crippen LogP contribution in [0.5, 0.6) is 17.2 Å². The molecule has 33 heavy (non-hydrogen) atoms. The molecule has 3 rings (SSSR count). The van der Waals surface area contributed by atoms with Gasteiger partial charge in [-0.3, -0.25) is 9.10 Å². The number of carbonyl (C=O) groups excluding carboxylic acids is 1. The Balaban J connectivity index is 1.96. The largest absolute Gasteiger partial charge is 0.493 e. The number of anilines is 2. The van der Waals surface area contributed by atoms with Crippen molar-refractivity contribution in [1.82, 2.24) is 0 Å². The molecule has 0 bridgehead atoms. The lowest BCUT2D eigenvalue weighted by atomic mass is 10.2. The number of para-hydroxylation sites is 1. The molecule has 0 fully saturated rings. The zero-order valence-corrected chi connectivity index (χ0v) is 19.7. The Morgan fingerprint density at radius 1 is 0.879 bits per heavy atom. The summed E-state index contributed by atoms with van der Waals surface area (Å²) in [5, 5.41) is 2.73. The molecule has 0 aliphatic carbocycles. The van der Waals surface area contributed by atoms with Crippen molar-refractivity contribution in [3.8, 4) is 17.2 Å². The van der Waals surface area contributed by atoms with Crippen molar-refractivity contribution in [2.24, 2.45) is 0 Å². The third-order valence-electron chi connectivity index (χ3n) is 4.95. The molecule has 3 aromatic carbocycles. The Labute approximate surface area is 193 Å². The first-order chi connectivity index (χ1) is 15.8. The van der Waals surface area contributed by atoms with Crippen LogP contribution in [-0.2, 0) is 14.8 Å². The number of aryl methyl sites for hydroxylation is 1. The fourth-order valence-corrected chi connectivity index (χ4v) is 4.85. The van der Waals surface area contributed by atoms with Gasteiger partial charge in [-0.05, 0) is 30.7 Å². The lowest BCUT2D eigenvalue weighted by Gasteiger charge is -2.25. The summed E-state index contributed by atoms with van der Waals surface area (Å²) in [6, 6.07) is 18.1. The molecule has 0 saturated carbocycles. The number of benzene rings is 3. The van der Waals surface area contributed by atoms with Gasteiger partial charge in [0.2, 0.25) is 11.7 Å². The summed E-state index contributed by atoms with van der Waals surface area (Å²) in [6.07, 6.45) is 0. The van der Waals surface area contributed by atoms with Crippen LogP contribution in [0, 0.1) is 6.92 Å². The highest BCUT2D eigenvalue weighted by Gasteiger charge is 2.28. The lowest BCUT2D eigenvalue weighted by molar-refractivity contribution is -0.114. The van der Waals surface area contributed by atoms with E-state index >= 15 is 0 Å². The van der Waals surface area contributed by atoms with E-state index in [-0.39, 0.29) is 4.90 Å².